The molecule has 0 aliphatic rings. The highest BCUT2D eigenvalue weighted by atomic mass is 16.3. The summed E-state index contributed by atoms with van der Waals surface area (Å²) in [5, 5.41) is 13.6. The molecule has 2 N–H and O–H groups in total. The molecule has 0 atom stereocenters. The number of nitrogens with one attached hydrogen (secondary N) is 1. The first-order valence-electron chi connectivity index (χ1n) is 7.75. The van der Waals surface area contributed by atoms with E-state index in [1.54, 1.807) is 0 Å². The molecule has 21 heavy (non-hydrogen) atoms. The summed E-state index contributed by atoms with van der Waals surface area (Å²) in [6.07, 6.45) is 0.767. The Hall–Kier alpha value is -1.65. The Morgan fingerprint density at radius 3 is 2.76 bits per heavy atom. The molecule has 0 aliphatic carbocycles. The number of anilines is 1. The highest BCUT2D eigenvalue weighted by Gasteiger charge is 2.12. The molecule has 2 aromatic rings. The number of fused-ring (bicyclic) bond motifs is 1. The third-order valence-corrected chi connectivity index (χ3v) is 3.61. The van der Waals surface area contributed by atoms with Crippen LogP contribution in [0.4, 0.5) is 5.82 Å². The van der Waals surface area contributed by atoms with Crippen molar-refractivity contribution < 1.29 is 5.11 Å². The van der Waals surface area contributed by atoms with Gasteiger partial charge in [-0.1, -0.05) is 25.1 Å². The number of benzene rings is 1. The molecule has 0 radical (unpaired) electrons. The summed E-state index contributed by atoms with van der Waals surface area (Å²) in [5.74, 6) is 1.03. The largest absolute Gasteiger partial charge is 0.396 e. The Balaban J connectivity index is 2.41. The lowest BCUT2D eigenvalue weighted by molar-refractivity contribution is 0.289. The second-order valence-corrected chi connectivity index (χ2v) is 5.10. The first-order chi connectivity index (χ1) is 10.3. The summed E-state index contributed by atoms with van der Waals surface area (Å²) in [6.45, 7) is 7.94. The second kappa shape index (κ2) is 7.96. The van der Waals surface area contributed by atoms with E-state index in [1.807, 2.05) is 12.1 Å². The van der Waals surface area contributed by atoms with Crippen molar-refractivity contribution >= 4 is 16.7 Å². The molecule has 0 amide bonds. The number of para-hydroxylation sites is 1. The van der Waals surface area contributed by atoms with Crippen molar-refractivity contribution in [3.05, 3.63) is 35.9 Å². The summed E-state index contributed by atoms with van der Waals surface area (Å²) >= 11 is 0. The fourth-order valence-electron chi connectivity index (χ4n) is 2.49. The minimum Gasteiger partial charge on any atom is -0.396 e. The lowest BCUT2D eigenvalue weighted by Gasteiger charge is -2.25. The van der Waals surface area contributed by atoms with Crippen LogP contribution in [0.25, 0.3) is 10.9 Å². The third kappa shape index (κ3) is 3.93. The number of aliphatic hydroxyl groups is 1. The van der Waals surface area contributed by atoms with Crippen LogP contribution in [0.1, 0.15) is 25.8 Å². The monoisotopic (exact) mass is 287 g/mol. The van der Waals surface area contributed by atoms with Crippen LogP contribution >= 0.6 is 0 Å². The maximum Gasteiger partial charge on any atom is 0.133 e. The summed E-state index contributed by atoms with van der Waals surface area (Å²) < 4.78 is 0. The second-order valence-electron chi connectivity index (χ2n) is 5.10. The highest BCUT2D eigenvalue weighted by Crippen LogP contribution is 2.23. The van der Waals surface area contributed by atoms with Crippen LogP contribution in [0.15, 0.2) is 30.3 Å². The SMILES string of the molecule is CCNCc1cc2ccccc2nc1N(CC)CCCO. The van der Waals surface area contributed by atoms with Crippen LogP contribution in [0.5, 0.6) is 0 Å². The fraction of sp³-hybridized carbons (Fsp3) is 0.471. The van der Waals surface area contributed by atoms with E-state index in [4.69, 9.17) is 10.1 Å². The predicted molar refractivity (Wildman–Crippen MR) is 88.7 cm³/mol. The molecule has 1 aromatic heterocycles. The predicted octanol–water partition coefficient (Wildman–Crippen LogP) is 2.55. The fourth-order valence-corrected chi connectivity index (χ4v) is 2.49. The molecular formula is C17H25N3O. The van der Waals surface area contributed by atoms with Crippen LogP contribution in [-0.4, -0.2) is 36.3 Å². The number of pyridine rings is 1. The van der Waals surface area contributed by atoms with E-state index in [0.29, 0.717) is 0 Å². The topological polar surface area (TPSA) is 48.4 Å². The number of aliphatic hydroxyl groups excluding tert-OH is 1. The molecule has 4 nitrogen and oxygen atoms in total. The zero-order valence-electron chi connectivity index (χ0n) is 13.0. The van der Waals surface area contributed by atoms with Crippen molar-refractivity contribution in [1.82, 2.24) is 10.3 Å². The van der Waals surface area contributed by atoms with E-state index in [9.17, 15) is 0 Å². The van der Waals surface area contributed by atoms with Gasteiger partial charge in [0.05, 0.1) is 5.52 Å². The lowest BCUT2D eigenvalue weighted by atomic mass is 10.1. The standard InChI is InChI=1S/C17H25N3O/c1-3-18-13-15-12-14-8-5-6-9-16(14)19-17(15)20(4-2)10-7-11-21/h5-6,8-9,12,18,21H,3-4,7,10-11,13H2,1-2H3. The van der Waals surface area contributed by atoms with Crippen molar-refractivity contribution in [3.8, 4) is 0 Å². The lowest BCUT2D eigenvalue weighted by Crippen LogP contribution is -2.28. The van der Waals surface area contributed by atoms with Gasteiger partial charge in [-0.05, 0) is 32.0 Å². The third-order valence-electron chi connectivity index (χ3n) is 3.61. The van der Waals surface area contributed by atoms with Gasteiger partial charge in [0.15, 0.2) is 0 Å². The average Bonchev–Trinajstić information content (AvgIpc) is 2.53. The maximum absolute atomic E-state index is 9.08. The Kier molecular flexibility index (Phi) is 5.96. The van der Waals surface area contributed by atoms with Crippen molar-refractivity contribution in [1.29, 1.82) is 0 Å². The minimum absolute atomic E-state index is 0.215. The number of nitrogens with zero attached hydrogens (tertiary/aromatic N) is 2. The van der Waals surface area contributed by atoms with Gasteiger partial charge in [0.2, 0.25) is 0 Å². The van der Waals surface area contributed by atoms with Crippen LogP contribution < -0.4 is 10.2 Å². The first kappa shape index (κ1) is 15.7. The number of rotatable bonds is 8. The number of hydrogen-bond donors (Lipinski definition) is 2. The quantitative estimate of drug-likeness (QED) is 0.783. The molecule has 0 bridgehead atoms. The number of aromatic nitrogens is 1. The van der Waals surface area contributed by atoms with Gasteiger partial charge >= 0.3 is 0 Å². The van der Waals surface area contributed by atoms with Crippen LogP contribution in [-0.2, 0) is 6.54 Å². The molecule has 1 aromatic carbocycles. The van der Waals surface area contributed by atoms with Gasteiger partial charge in [-0.25, -0.2) is 4.98 Å². The smallest absolute Gasteiger partial charge is 0.133 e. The molecule has 1 heterocycles. The molecule has 0 saturated carbocycles. The zero-order chi connectivity index (χ0) is 15.1. The molecular weight excluding hydrogens is 262 g/mol. The average molecular weight is 287 g/mol. The first-order valence-corrected chi connectivity index (χ1v) is 7.75. The summed E-state index contributed by atoms with van der Waals surface area (Å²) in [4.78, 5) is 7.10. The Morgan fingerprint density at radius 1 is 1.24 bits per heavy atom. The minimum atomic E-state index is 0.215. The van der Waals surface area contributed by atoms with Crippen LogP contribution in [0.2, 0.25) is 0 Å². The van der Waals surface area contributed by atoms with Gasteiger partial charge in [-0.15, -0.1) is 0 Å². The van der Waals surface area contributed by atoms with Crippen molar-refractivity contribution in [3.63, 3.8) is 0 Å². The van der Waals surface area contributed by atoms with Gasteiger partial charge in [-0.3, -0.25) is 0 Å². The Morgan fingerprint density at radius 2 is 2.05 bits per heavy atom. The van der Waals surface area contributed by atoms with E-state index >= 15 is 0 Å². The summed E-state index contributed by atoms with van der Waals surface area (Å²) in [7, 11) is 0. The summed E-state index contributed by atoms with van der Waals surface area (Å²) in [5.41, 5.74) is 2.24. The molecule has 0 aliphatic heterocycles. The highest BCUT2D eigenvalue weighted by molar-refractivity contribution is 5.81. The van der Waals surface area contributed by atoms with Gasteiger partial charge in [0, 0.05) is 37.2 Å². The normalized spacial score (nSPS) is 11.0. The molecule has 2 rings (SSSR count). The molecule has 4 heteroatoms. The van der Waals surface area contributed by atoms with Crippen LogP contribution in [0.3, 0.4) is 0 Å². The van der Waals surface area contributed by atoms with E-state index < -0.39 is 0 Å². The molecule has 0 saturated heterocycles. The van der Waals surface area contributed by atoms with Crippen molar-refractivity contribution in [2.45, 2.75) is 26.8 Å². The van der Waals surface area contributed by atoms with Gasteiger partial charge in [0.25, 0.3) is 0 Å². The summed E-state index contributed by atoms with van der Waals surface area (Å²) in [6, 6.07) is 10.4. The Labute approximate surface area is 126 Å². The van der Waals surface area contributed by atoms with E-state index in [2.05, 4.69) is 42.3 Å². The molecule has 0 fully saturated rings. The van der Waals surface area contributed by atoms with E-state index in [1.165, 1.54) is 10.9 Å². The van der Waals surface area contributed by atoms with Gasteiger partial charge in [-0.2, -0.15) is 0 Å². The van der Waals surface area contributed by atoms with Crippen LogP contribution in [0, 0.1) is 0 Å². The zero-order valence-corrected chi connectivity index (χ0v) is 13.0. The molecule has 0 spiro atoms. The molecule has 0 unspecified atom stereocenters. The maximum atomic E-state index is 9.08. The van der Waals surface area contributed by atoms with E-state index in [-0.39, 0.29) is 6.61 Å². The van der Waals surface area contributed by atoms with E-state index in [0.717, 1.165) is 43.9 Å². The van der Waals surface area contributed by atoms with Gasteiger partial charge in [0.1, 0.15) is 5.82 Å². The van der Waals surface area contributed by atoms with Crippen molar-refractivity contribution in [2.24, 2.45) is 0 Å². The Bertz CT molecular complexity index is 571. The van der Waals surface area contributed by atoms with Crippen molar-refractivity contribution in [2.75, 3.05) is 31.1 Å². The van der Waals surface area contributed by atoms with Gasteiger partial charge < -0.3 is 15.3 Å². The molecule has 114 valence electrons. The number of hydrogen-bond acceptors (Lipinski definition) is 4.